The van der Waals surface area contributed by atoms with E-state index in [1.165, 1.54) is 12.1 Å². The van der Waals surface area contributed by atoms with Gasteiger partial charge in [-0.05, 0) is 42.3 Å². The first kappa shape index (κ1) is 18.3. The number of aliphatic carboxylic acids is 1. The molecule has 132 valence electrons. The van der Waals surface area contributed by atoms with Crippen LogP contribution in [0.25, 0.3) is 0 Å². The third kappa shape index (κ3) is 4.69. The van der Waals surface area contributed by atoms with Crippen LogP contribution in [0.3, 0.4) is 0 Å². The maximum absolute atomic E-state index is 12.3. The highest BCUT2D eigenvalue weighted by Gasteiger charge is 2.15. The van der Waals surface area contributed by atoms with Crippen LogP contribution in [0.2, 0.25) is 0 Å². The molecule has 0 aliphatic heterocycles. The number of hydrogen-bond acceptors (Lipinski definition) is 4. The molecule has 0 radical (unpaired) electrons. The lowest BCUT2D eigenvalue weighted by Crippen LogP contribution is -2.29. The Labute approximate surface area is 145 Å². The zero-order valence-corrected chi connectivity index (χ0v) is 14.1. The number of benzene rings is 1. The summed E-state index contributed by atoms with van der Waals surface area (Å²) in [6.45, 7) is 3.52. The second-order valence-electron chi connectivity index (χ2n) is 5.37. The number of nitrogens with one attached hydrogen (secondary N) is 2. The topological polar surface area (TPSA) is 109 Å². The summed E-state index contributed by atoms with van der Waals surface area (Å²) in [6, 6.07) is 7.88. The predicted octanol–water partition coefficient (Wildman–Crippen LogP) is 2.47. The van der Waals surface area contributed by atoms with Gasteiger partial charge in [0, 0.05) is 17.7 Å². The van der Waals surface area contributed by atoms with Gasteiger partial charge in [0.1, 0.15) is 12.3 Å². The Morgan fingerprint density at radius 1 is 1.04 bits per heavy atom. The summed E-state index contributed by atoms with van der Waals surface area (Å²) in [5.74, 6) is -0.923. The molecule has 2 amide bonds. The van der Waals surface area contributed by atoms with Crippen molar-refractivity contribution < 1.29 is 23.9 Å². The van der Waals surface area contributed by atoms with Gasteiger partial charge in [-0.1, -0.05) is 13.8 Å². The van der Waals surface area contributed by atoms with Gasteiger partial charge in [0.25, 0.3) is 11.8 Å². The molecule has 2 aromatic rings. The molecule has 7 nitrogen and oxygen atoms in total. The average Bonchev–Trinajstić information content (AvgIpc) is 3.03. The highest BCUT2D eigenvalue weighted by atomic mass is 16.4. The molecule has 1 heterocycles. The quantitative estimate of drug-likeness (QED) is 0.715. The Balaban J connectivity index is 2.03. The molecule has 25 heavy (non-hydrogen) atoms. The molecular weight excluding hydrogens is 324 g/mol. The van der Waals surface area contributed by atoms with Crippen LogP contribution in [-0.2, 0) is 17.6 Å². The van der Waals surface area contributed by atoms with Gasteiger partial charge in [-0.15, -0.1) is 0 Å². The van der Waals surface area contributed by atoms with Crippen molar-refractivity contribution in [3.63, 3.8) is 0 Å². The summed E-state index contributed by atoms with van der Waals surface area (Å²) >= 11 is 0. The lowest BCUT2D eigenvalue weighted by atomic mass is 10.1. The number of carboxylic acids is 1. The highest BCUT2D eigenvalue weighted by molar-refractivity contribution is 6.03. The fourth-order valence-corrected chi connectivity index (χ4v) is 2.33. The molecule has 0 spiro atoms. The maximum atomic E-state index is 12.3. The highest BCUT2D eigenvalue weighted by Crippen LogP contribution is 2.18. The Morgan fingerprint density at radius 3 is 2.24 bits per heavy atom. The molecule has 0 aliphatic carbocycles. The minimum atomic E-state index is -1.12. The van der Waals surface area contributed by atoms with Crippen molar-refractivity contribution >= 4 is 23.5 Å². The average molecular weight is 344 g/mol. The van der Waals surface area contributed by atoms with Gasteiger partial charge in [-0.3, -0.25) is 14.4 Å². The lowest BCUT2D eigenvalue weighted by Gasteiger charge is -2.05. The van der Waals surface area contributed by atoms with Gasteiger partial charge >= 0.3 is 5.97 Å². The van der Waals surface area contributed by atoms with E-state index in [1.807, 2.05) is 13.8 Å². The van der Waals surface area contributed by atoms with Crippen molar-refractivity contribution in [2.24, 2.45) is 0 Å². The van der Waals surface area contributed by atoms with Crippen LogP contribution in [-0.4, -0.2) is 29.4 Å². The molecule has 0 unspecified atom stereocenters. The van der Waals surface area contributed by atoms with E-state index in [1.54, 1.807) is 18.2 Å². The van der Waals surface area contributed by atoms with Gasteiger partial charge in [0.15, 0.2) is 5.76 Å². The molecule has 0 atom stereocenters. The standard InChI is InChI=1S/C18H20N2O5/c1-3-11-9-15(25-14(11)4-2)18(24)20-13-7-5-12(6-8-13)17(23)19-10-16(21)22/h5-9H,3-4,10H2,1-2H3,(H,19,23)(H,20,24)(H,21,22). The van der Waals surface area contributed by atoms with Gasteiger partial charge in [0.05, 0.1) is 0 Å². The molecule has 0 bridgehead atoms. The van der Waals surface area contributed by atoms with E-state index in [0.29, 0.717) is 11.3 Å². The van der Waals surface area contributed by atoms with Crippen LogP contribution in [0.1, 0.15) is 46.1 Å². The lowest BCUT2D eigenvalue weighted by molar-refractivity contribution is -0.135. The number of anilines is 1. The molecule has 2 rings (SSSR count). The number of aryl methyl sites for hydroxylation is 2. The SMILES string of the molecule is CCc1cc(C(=O)Nc2ccc(C(=O)NCC(=O)O)cc2)oc1CC. The monoisotopic (exact) mass is 344 g/mol. The fraction of sp³-hybridized carbons (Fsp3) is 0.278. The van der Waals surface area contributed by atoms with Gasteiger partial charge < -0.3 is 20.2 Å². The summed E-state index contributed by atoms with van der Waals surface area (Å²) in [5, 5.41) is 13.5. The van der Waals surface area contributed by atoms with Gasteiger partial charge in [-0.25, -0.2) is 0 Å². The molecule has 0 saturated carbocycles. The second-order valence-corrected chi connectivity index (χ2v) is 5.37. The van der Waals surface area contributed by atoms with Crippen molar-refractivity contribution in [3.05, 3.63) is 53.0 Å². The molecule has 1 aromatic carbocycles. The van der Waals surface area contributed by atoms with E-state index in [2.05, 4.69) is 10.6 Å². The molecular formula is C18H20N2O5. The van der Waals surface area contributed by atoms with Crippen molar-refractivity contribution in [1.29, 1.82) is 0 Å². The first-order valence-electron chi connectivity index (χ1n) is 7.97. The number of furan rings is 1. The third-order valence-corrected chi connectivity index (χ3v) is 3.63. The third-order valence-electron chi connectivity index (χ3n) is 3.63. The van der Waals surface area contributed by atoms with E-state index >= 15 is 0 Å². The Hall–Kier alpha value is -3.09. The number of rotatable bonds is 7. The zero-order chi connectivity index (χ0) is 18.4. The molecule has 7 heteroatoms. The van der Waals surface area contributed by atoms with Crippen molar-refractivity contribution in [2.45, 2.75) is 26.7 Å². The van der Waals surface area contributed by atoms with E-state index in [0.717, 1.165) is 24.2 Å². The number of carbonyl (C=O) groups is 3. The first-order chi connectivity index (χ1) is 11.9. The molecule has 0 saturated heterocycles. The van der Waals surface area contributed by atoms with E-state index in [4.69, 9.17) is 9.52 Å². The van der Waals surface area contributed by atoms with E-state index < -0.39 is 18.4 Å². The van der Waals surface area contributed by atoms with Gasteiger partial charge in [0.2, 0.25) is 0 Å². The molecule has 1 aromatic heterocycles. The van der Waals surface area contributed by atoms with E-state index in [9.17, 15) is 14.4 Å². The summed E-state index contributed by atoms with van der Waals surface area (Å²) in [5.41, 5.74) is 1.82. The van der Waals surface area contributed by atoms with Crippen LogP contribution in [0.15, 0.2) is 34.7 Å². The fourth-order valence-electron chi connectivity index (χ4n) is 2.33. The minimum absolute atomic E-state index is 0.247. The smallest absolute Gasteiger partial charge is 0.322 e. The van der Waals surface area contributed by atoms with Crippen LogP contribution in [0.5, 0.6) is 0 Å². The summed E-state index contributed by atoms with van der Waals surface area (Å²) in [6.07, 6.45) is 1.51. The summed E-state index contributed by atoms with van der Waals surface area (Å²) in [4.78, 5) is 34.4. The maximum Gasteiger partial charge on any atom is 0.322 e. The summed E-state index contributed by atoms with van der Waals surface area (Å²) in [7, 11) is 0. The Bertz CT molecular complexity index is 756. The largest absolute Gasteiger partial charge is 0.480 e. The number of amides is 2. The Morgan fingerprint density at radius 2 is 1.72 bits per heavy atom. The van der Waals surface area contributed by atoms with Crippen LogP contribution < -0.4 is 10.6 Å². The van der Waals surface area contributed by atoms with Crippen LogP contribution in [0, 0.1) is 0 Å². The minimum Gasteiger partial charge on any atom is -0.480 e. The summed E-state index contributed by atoms with van der Waals surface area (Å²) < 4.78 is 5.57. The number of carbonyl (C=O) groups excluding carboxylic acids is 2. The van der Waals surface area contributed by atoms with E-state index in [-0.39, 0.29) is 11.7 Å². The number of hydrogen-bond donors (Lipinski definition) is 3. The van der Waals surface area contributed by atoms with Crippen LogP contribution >= 0.6 is 0 Å². The second kappa shape index (κ2) is 8.14. The van der Waals surface area contributed by atoms with Crippen molar-refractivity contribution in [3.8, 4) is 0 Å². The molecule has 0 fully saturated rings. The van der Waals surface area contributed by atoms with Crippen molar-refractivity contribution in [1.82, 2.24) is 5.32 Å². The molecule has 3 N–H and O–H groups in total. The van der Waals surface area contributed by atoms with Crippen molar-refractivity contribution in [2.75, 3.05) is 11.9 Å². The molecule has 0 aliphatic rings. The Kier molecular flexibility index (Phi) is 5.94. The number of carboxylic acid groups (broad SMARTS) is 1. The predicted molar refractivity (Wildman–Crippen MR) is 91.8 cm³/mol. The zero-order valence-electron chi connectivity index (χ0n) is 14.1. The van der Waals surface area contributed by atoms with Gasteiger partial charge in [-0.2, -0.15) is 0 Å². The normalized spacial score (nSPS) is 10.3. The first-order valence-corrected chi connectivity index (χ1v) is 7.97. The van der Waals surface area contributed by atoms with Crippen LogP contribution in [0.4, 0.5) is 5.69 Å².